The molecule has 0 saturated heterocycles. The number of hydrogen-bond acceptors (Lipinski definition) is 6. The molecular weight excluding hydrogens is 454 g/mol. The predicted molar refractivity (Wildman–Crippen MR) is 132 cm³/mol. The van der Waals surface area contributed by atoms with Crippen molar-refractivity contribution in [1.29, 1.82) is 0 Å². The molecule has 2 aliphatic carbocycles. The van der Waals surface area contributed by atoms with Crippen LogP contribution in [0.1, 0.15) is 63.4 Å². The van der Waals surface area contributed by atoms with Gasteiger partial charge in [-0.05, 0) is 62.1 Å². The highest BCUT2D eigenvalue weighted by molar-refractivity contribution is 7.91. The van der Waals surface area contributed by atoms with Crippen LogP contribution in [0.5, 0.6) is 5.75 Å². The van der Waals surface area contributed by atoms with Gasteiger partial charge in [0.15, 0.2) is 9.84 Å². The Morgan fingerprint density at radius 3 is 2.29 bits per heavy atom. The standard InChI is InChI=1S/C25H39N3O5S/c1-33-22-13-7-18(8-14-22)15-27-25(30)23(28-24(29)20-9-11-21(26)12-10-20)17-34(31,32)16-19-5-3-2-4-6-19/h7-8,13-14,19-21,23H,2-6,9-12,15-17,26H2,1H3,(H,27,30)(H,28,29)/t20?,21?,23-/m0/s1. The van der Waals surface area contributed by atoms with E-state index in [9.17, 15) is 18.0 Å². The molecule has 0 unspecified atom stereocenters. The average Bonchev–Trinajstić information content (AvgIpc) is 2.83. The first-order valence-corrected chi connectivity index (χ1v) is 14.2. The Labute approximate surface area is 203 Å². The smallest absolute Gasteiger partial charge is 0.243 e. The van der Waals surface area contributed by atoms with E-state index in [1.165, 1.54) is 0 Å². The molecule has 34 heavy (non-hydrogen) atoms. The van der Waals surface area contributed by atoms with Crippen molar-refractivity contribution >= 4 is 21.7 Å². The molecule has 0 aliphatic heterocycles. The second-order valence-corrected chi connectivity index (χ2v) is 12.0. The van der Waals surface area contributed by atoms with Crippen LogP contribution in [0.4, 0.5) is 0 Å². The number of nitrogens with one attached hydrogen (secondary N) is 2. The average molecular weight is 494 g/mol. The summed E-state index contributed by atoms with van der Waals surface area (Å²) in [6.07, 6.45) is 7.88. The zero-order chi connectivity index (χ0) is 24.6. The van der Waals surface area contributed by atoms with Gasteiger partial charge in [0.05, 0.1) is 18.6 Å². The monoisotopic (exact) mass is 493 g/mol. The molecule has 190 valence electrons. The lowest BCUT2D eigenvalue weighted by Crippen LogP contribution is -2.52. The van der Waals surface area contributed by atoms with Crippen molar-refractivity contribution in [3.63, 3.8) is 0 Å². The van der Waals surface area contributed by atoms with Gasteiger partial charge in [0, 0.05) is 18.5 Å². The summed E-state index contributed by atoms with van der Waals surface area (Å²) in [4.78, 5) is 25.9. The maximum Gasteiger partial charge on any atom is 0.243 e. The molecule has 9 heteroatoms. The van der Waals surface area contributed by atoms with Crippen molar-refractivity contribution in [3.8, 4) is 5.75 Å². The third-order valence-corrected chi connectivity index (χ3v) is 8.86. The molecule has 1 aromatic rings. The number of benzene rings is 1. The largest absolute Gasteiger partial charge is 0.497 e. The number of amides is 2. The molecule has 2 fully saturated rings. The van der Waals surface area contributed by atoms with Gasteiger partial charge >= 0.3 is 0 Å². The SMILES string of the molecule is COc1ccc(CNC(=O)[C@H](CS(=O)(=O)CC2CCCCC2)NC(=O)C2CCC(N)CC2)cc1. The third kappa shape index (κ3) is 8.27. The Kier molecular flexibility index (Phi) is 9.76. The van der Waals surface area contributed by atoms with Crippen molar-refractivity contribution in [2.45, 2.75) is 76.4 Å². The number of sulfone groups is 1. The van der Waals surface area contributed by atoms with E-state index in [-0.39, 0.29) is 41.8 Å². The molecule has 1 aromatic carbocycles. The van der Waals surface area contributed by atoms with Crippen LogP contribution in [-0.4, -0.2) is 50.9 Å². The molecule has 0 aromatic heterocycles. The number of hydrogen-bond donors (Lipinski definition) is 3. The van der Waals surface area contributed by atoms with Crippen molar-refractivity contribution < 1.29 is 22.7 Å². The molecule has 0 spiro atoms. The van der Waals surface area contributed by atoms with E-state index >= 15 is 0 Å². The second-order valence-electron chi connectivity index (χ2n) is 9.82. The molecule has 3 rings (SSSR count). The fraction of sp³-hybridized carbons (Fsp3) is 0.680. The van der Waals surface area contributed by atoms with Crippen LogP contribution in [0.15, 0.2) is 24.3 Å². The number of nitrogens with two attached hydrogens (primary N) is 1. The number of ether oxygens (including phenoxy) is 1. The molecule has 8 nitrogen and oxygen atoms in total. The third-order valence-electron chi connectivity index (χ3n) is 7.04. The van der Waals surface area contributed by atoms with Crippen molar-refractivity contribution in [2.24, 2.45) is 17.6 Å². The Hall–Kier alpha value is -2.13. The molecule has 2 saturated carbocycles. The van der Waals surface area contributed by atoms with E-state index in [0.717, 1.165) is 50.5 Å². The first kappa shape index (κ1) is 26.5. The molecule has 0 bridgehead atoms. The molecule has 0 radical (unpaired) electrons. The minimum Gasteiger partial charge on any atom is -0.497 e. The summed E-state index contributed by atoms with van der Waals surface area (Å²) in [5.74, 6) is -0.441. The summed E-state index contributed by atoms with van der Waals surface area (Å²) in [6, 6.07) is 6.24. The summed E-state index contributed by atoms with van der Waals surface area (Å²) in [7, 11) is -1.93. The van der Waals surface area contributed by atoms with E-state index < -0.39 is 21.8 Å². The van der Waals surface area contributed by atoms with Gasteiger partial charge in [-0.3, -0.25) is 9.59 Å². The lowest BCUT2D eigenvalue weighted by atomic mass is 9.86. The number of methoxy groups -OCH3 is 1. The minimum atomic E-state index is -3.51. The molecular formula is C25H39N3O5S. The lowest BCUT2D eigenvalue weighted by Gasteiger charge is -2.27. The summed E-state index contributed by atoms with van der Waals surface area (Å²) >= 11 is 0. The topological polar surface area (TPSA) is 128 Å². The Balaban J connectivity index is 1.65. The van der Waals surface area contributed by atoms with E-state index in [0.29, 0.717) is 18.6 Å². The van der Waals surface area contributed by atoms with Crippen LogP contribution >= 0.6 is 0 Å². The Bertz CT molecular complexity index is 905. The molecule has 2 amide bonds. The summed E-state index contributed by atoms with van der Waals surface area (Å²) < 4.78 is 31.1. The zero-order valence-corrected chi connectivity index (χ0v) is 20.9. The molecule has 0 heterocycles. The maximum absolute atomic E-state index is 13.0. The number of carbonyl (C=O) groups excluding carboxylic acids is 2. The zero-order valence-electron chi connectivity index (χ0n) is 20.1. The van der Waals surface area contributed by atoms with E-state index in [4.69, 9.17) is 10.5 Å². The quantitative estimate of drug-likeness (QED) is 0.459. The van der Waals surface area contributed by atoms with Gasteiger partial charge in [-0.15, -0.1) is 0 Å². The van der Waals surface area contributed by atoms with E-state index in [1.54, 1.807) is 19.2 Å². The van der Waals surface area contributed by atoms with Gasteiger partial charge < -0.3 is 21.1 Å². The van der Waals surface area contributed by atoms with Crippen molar-refractivity contribution in [1.82, 2.24) is 10.6 Å². The van der Waals surface area contributed by atoms with Crippen LogP contribution in [-0.2, 0) is 26.0 Å². The van der Waals surface area contributed by atoms with Crippen LogP contribution < -0.4 is 21.1 Å². The fourth-order valence-electron chi connectivity index (χ4n) is 4.94. The molecule has 1 atom stereocenters. The first-order valence-electron chi connectivity index (χ1n) is 12.4. The van der Waals surface area contributed by atoms with Crippen LogP contribution in [0.3, 0.4) is 0 Å². The van der Waals surface area contributed by atoms with Crippen LogP contribution in [0.25, 0.3) is 0 Å². The normalized spacial score (nSPS) is 22.5. The van der Waals surface area contributed by atoms with Gasteiger partial charge in [-0.1, -0.05) is 31.4 Å². The Morgan fingerprint density at radius 2 is 1.68 bits per heavy atom. The van der Waals surface area contributed by atoms with Crippen LogP contribution in [0.2, 0.25) is 0 Å². The molecule has 2 aliphatic rings. The van der Waals surface area contributed by atoms with Gasteiger partial charge in [0.1, 0.15) is 11.8 Å². The van der Waals surface area contributed by atoms with E-state index in [1.807, 2.05) is 12.1 Å². The predicted octanol–water partition coefficient (Wildman–Crippen LogP) is 2.31. The fourth-order valence-corrected chi connectivity index (χ4v) is 6.87. The summed E-state index contributed by atoms with van der Waals surface area (Å²) in [6.45, 7) is 0.232. The highest BCUT2D eigenvalue weighted by atomic mass is 32.2. The minimum absolute atomic E-state index is 0.0728. The summed E-state index contributed by atoms with van der Waals surface area (Å²) in [5.41, 5.74) is 6.80. The highest BCUT2D eigenvalue weighted by Gasteiger charge is 2.32. The second kappa shape index (κ2) is 12.5. The Morgan fingerprint density at radius 1 is 1.03 bits per heavy atom. The maximum atomic E-state index is 13.0. The van der Waals surface area contributed by atoms with Gasteiger partial charge in [-0.2, -0.15) is 0 Å². The van der Waals surface area contributed by atoms with Crippen LogP contribution in [0, 0.1) is 11.8 Å². The van der Waals surface area contributed by atoms with E-state index in [2.05, 4.69) is 10.6 Å². The van der Waals surface area contributed by atoms with Crippen molar-refractivity contribution in [2.75, 3.05) is 18.6 Å². The highest BCUT2D eigenvalue weighted by Crippen LogP contribution is 2.26. The number of rotatable bonds is 10. The van der Waals surface area contributed by atoms with Crippen molar-refractivity contribution in [3.05, 3.63) is 29.8 Å². The lowest BCUT2D eigenvalue weighted by molar-refractivity contribution is -0.131. The summed E-state index contributed by atoms with van der Waals surface area (Å²) in [5, 5.41) is 5.56. The molecule has 4 N–H and O–H groups in total. The van der Waals surface area contributed by atoms with Gasteiger partial charge in [0.25, 0.3) is 0 Å². The van der Waals surface area contributed by atoms with Gasteiger partial charge in [0.2, 0.25) is 11.8 Å². The first-order chi connectivity index (χ1) is 16.3. The number of carbonyl (C=O) groups is 2. The van der Waals surface area contributed by atoms with Gasteiger partial charge in [-0.25, -0.2) is 8.42 Å².